The van der Waals surface area contributed by atoms with Gasteiger partial charge in [-0.05, 0) is 35.9 Å². The maximum atomic E-state index is 12.5. The molecule has 4 rings (SSSR count). The number of carbonyl (C=O) groups is 1. The van der Waals surface area contributed by atoms with E-state index in [1.165, 1.54) is 6.07 Å². The lowest BCUT2D eigenvalue weighted by atomic mass is 10.1. The molecule has 0 unspecified atom stereocenters. The Bertz CT molecular complexity index is 1170. The molecule has 0 saturated heterocycles. The fraction of sp³-hybridized carbons (Fsp3) is 0.0500. The lowest BCUT2D eigenvalue weighted by molar-refractivity contribution is 0.101. The first-order valence-electron chi connectivity index (χ1n) is 8.48. The molecule has 0 saturated carbocycles. The van der Waals surface area contributed by atoms with Crippen LogP contribution in [0.5, 0.6) is 0 Å². The van der Waals surface area contributed by atoms with Crippen molar-refractivity contribution in [3.63, 3.8) is 0 Å². The number of halogens is 3. The summed E-state index contributed by atoms with van der Waals surface area (Å²) in [6.07, 6.45) is 3.32. The third-order valence-corrected chi connectivity index (χ3v) is 5.16. The van der Waals surface area contributed by atoms with Gasteiger partial charge in [-0.2, -0.15) is 5.10 Å². The summed E-state index contributed by atoms with van der Waals surface area (Å²) in [7, 11) is 0. The van der Waals surface area contributed by atoms with Gasteiger partial charge in [0.15, 0.2) is 11.5 Å². The van der Waals surface area contributed by atoms with Crippen LogP contribution in [-0.2, 0) is 6.54 Å². The van der Waals surface area contributed by atoms with Crippen LogP contribution in [0, 0.1) is 0 Å². The molecule has 2 aromatic heterocycles. The SMILES string of the molecule is O=C(Nc1cnn(Cc2ccc(Br)cc2)c1)c1cc(-c2ccc(Cl)cc2Cl)on1. The fourth-order valence-corrected chi connectivity index (χ4v) is 3.45. The summed E-state index contributed by atoms with van der Waals surface area (Å²) < 4.78 is 8.01. The Morgan fingerprint density at radius 1 is 1.14 bits per heavy atom. The van der Waals surface area contributed by atoms with Crippen LogP contribution in [0.2, 0.25) is 10.0 Å². The second-order valence-corrected chi connectivity index (χ2v) is 7.97. The molecule has 6 nitrogen and oxygen atoms in total. The average Bonchev–Trinajstić information content (AvgIpc) is 3.33. The van der Waals surface area contributed by atoms with Gasteiger partial charge < -0.3 is 9.84 Å². The molecule has 4 aromatic rings. The molecule has 0 fully saturated rings. The Kier molecular flexibility index (Phi) is 5.71. The van der Waals surface area contributed by atoms with Crippen LogP contribution < -0.4 is 5.32 Å². The van der Waals surface area contributed by atoms with Crippen LogP contribution in [0.15, 0.2) is 69.9 Å². The molecule has 2 aromatic carbocycles. The number of aromatic nitrogens is 3. The van der Waals surface area contributed by atoms with E-state index in [0.29, 0.717) is 33.6 Å². The van der Waals surface area contributed by atoms with Crippen molar-refractivity contribution in [3.05, 3.63) is 86.7 Å². The monoisotopic (exact) mass is 490 g/mol. The molecule has 1 N–H and O–H groups in total. The van der Waals surface area contributed by atoms with E-state index in [4.69, 9.17) is 27.7 Å². The van der Waals surface area contributed by atoms with Crippen LogP contribution in [0.25, 0.3) is 11.3 Å². The molecule has 146 valence electrons. The van der Waals surface area contributed by atoms with Crippen molar-refractivity contribution < 1.29 is 9.32 Å². The van der Waals surface area contributed by atoms with E-state index in [0.717, 1.165) is 10.0 Å². The van der Waals surface area contributed by atoms with E-state index in [1.54, 1.807) is 35.3 Å². The zero-order valence-corrected chi connectivity index (χ0v) is 17.9. The molecule has 1 amide bonds. The van der Waals surface area contributed by atoms with Crippen LogP contribution >= 0.6 is 39.1 Å². The van der Waals surface area contributed by atoms with Crippen molar-refractivity contribution in [2.75, 3.05) is 5.32 Å². The molecule has 0 atom stereocenters. The van der Waals surface area contributed by atoms with Gasteiger partial charge in [0.05, 0.1) is 23.5 Å². The van der Waals surface area contributed by atoms with Crippen molar-refractivity contribution >= 4 is 50.7 Å². The van der Waals surface area contributed by atoms with Gasteiger partial charge in [-0.1, -0.05) is 56.4 Å². The number of amides is 1. The van der Waals surface area contributed by atoms with E-state index in [1.807, 2.05) is 24.3 Å². The highest BCUT2D eigenvalue weighted by Crippen LogP contribution is 2.30. The zero-order chi connectivity index (χ0) is 20.4. The van der Waals surface area contributed by atoms with Crippen molar-refractivity contribution in [3.8, 4) is 11.3 Å². The highest BCUT2D eigenvalue weighted by atomic mass is 79.9. The number of rotatable bonds is 5. The van der Waals surface area contributed by atoms with Crippen molar-refractivity contribution in [1.82, 2.24) is 14.9 Å². The molecule has 0 spiro atoms. The van der Waals surface area contributed by atoms with E-state index in [9.17, 15) is 4.79 Å². The van der Waals surface area contributed by atoms with Gasteiger partial charge in [-0.15, -0.1) is 0 Å². The van der Waals surface area contributed by atoms with Crippen molar-refractivity contribution in [2.45, 2.75) is 6.54 Å². The minimum Gasteiger partial charge on any atom is -0.355 e. The van der Waals surface area contributed by atoms with Gasteiger partial charge in [0, 0.05) is 27.3 Å². The molecule has 0 aliphatic carbocycles. The molecule has 29 heavy (non-hydrogen) atoms. The Morgan fingerprint density at radius 2 is 1.93 bits per heavy atom. The number of anilines is 1. The molecule has 0 radical (unpaired) electrons. The molecule has 2 heterocycles. The standard InChI is InChI=1S/C20H13BrCl2N4O2/c21-13-3-1-12(2-4-13)10-27-11-15(9-24-27)25-20(28)18-8-19(29-26-18)16-6-5-14(22)7-17(16)23/h1-9,11H,10H2,(H,25,28). The Balaban J connectivity index is 1.44. The number of carbonyl (C=O) groups excluding carboxylic acids is 1. The number of hydrogen-bond acceptors (Lipinski definition) is 4. The quantitative estimate of drug-likeness (QED) is 0.376. The molecule has 0 aliphatic heterocycles. The van der Waals surface area contributed by atoms with Crippen molar-refractivity contribution in [1.29, 1.82) is 0 Å². The summed E-state index contributed by atoms with van der Waals surface area (Å²) in [4.78, 5) is 12.5. The van der Waals surface area contributed by atoms with Crippen LogP contribution in [0.1, 0.15) is 16.1 Å². The molecule has 0 bridgehead atoms. The van der Waals surface area contributed by atoms with Crippen LogP contribution in [-0.4, -0.2) is 20.8 Å². The lowest BCUT2D eigenvalue weighted by Crippen LogP contribution is -2.11. The lowest BCUT2D eigenvalue weighted by Gasteiger charge is -2.02. The molecular weight excluding hydrogens is 479 g/mol. The topological polar surface area (TPSA) is 73.0 Å². The number of nitrogens with one attached hydrogen (secondary N) is 1. The van der Waals surface area contributed by atoms with Crippen LogP contribution in [0.3, 0.4) is 0 Å². The maximum Gasteiger partial charge on any atom is 0.277 e. The van der Waals surface area contributed by atoms with Gasteiger partial charge in [0.1, 0.15) is 0 Å². The molecule has 0 aliphatic rings. The largest absolute Gasteiger partial charge is 0.355 e. The first-order valence-corrected chi connectivity index (χ1v) is 10.0. The first-order chi connectivity index (χ1) is 14.0. The smallest absolute Gasteiger partial charge is 0.277 e. The minimum atomic E-state index is -0.409. The Morgan fingerprint density at radius 3 is 2.69 bits per heavy atom. The number of benzene rings is 2. The summed E-state index contributed by atoms with van der Waals surface area (Å²) in [5.41, 5.74) is 2.38. The summed E-state index contributed by atoms with van der Waals surface area (Å²) in [6, 6.07) is 14.5. The highest BCUT2D eigenvalue weighted by Gasteiger charge is 2.16. The zero-order valence-electron chi connectivity index (χ0n) is 14.8. The van der Waals surface area contributed by atoms with Crippen LogP contribution in [0.4, 0.5) is 5.69 Å². The van der Waals surface area contributed by atoms with Gasteiger partial charge in [0.2, 0.25) is 0 Å². The predicted molar refractivity (Wildman–Crippen MR) is 115 cm³/mol. The Hall–Kier alpha value is -2.61. The van der Waals surface area contributed by atoms with Gasteiger partial charge in [-0.3, -0.25) is 9.48 Å². The van der Waals surface area contributed by atoms with E-state index in [-0.39, 0.29) is 5.69 Å². The first kappa shape index (κ1) is 19.7. The molecular formula is C20H13BrCl2N4O2. The second kappa shape index (κ2) is 8.41. The van der Waals surface area contributed by atoms with E-state index in [2.05, 4.69) is 31.5 Å². The predicted octanol–water partition coefficient (Wildman–Crippen LogP) is 5.91. The summed E-state index contributed by atoms with van der Waals surface area (Å²) in [5.74, 6) is -0.0315. The van der Waals surface area contributed by atoms with Crippen molar-refractivity contribution in [2.24, 2.45) is 0 Å². The fourth-order valence-electron chi connectivity index (χ4n) is 2.69. The summed E-state index contributed by atoms with van der Waals surface area (Å²) in [6.45, 7) is 0.590. The highest BCUT2D eigenvalue weighted by molar-refractivity contribution is 9.10. The maximum absolute atomic E-state index is 12.5. The summed E-state index contributed by atoms with van der Waals surface area (Å²) >= 11 is 15.5. The average molecular weight is 492 g/mol. The van der Waals surface area contributed by atoms with Gasteiger partial charge >= 0.3 is 0 Å². The third kappa shape index (κ3) is 4.70. The third-order valence-electron chi connectivity index (χ3n) is 4.09. The van der Waals surface area contributed by atoms with Gasteiger partial charge in [-0.25, -0.2) is 0 Å². The Labute approximate surface area is 184 Å². The van der Waals surface area contributed by atoms with E-state index >= 15 is 0 Å². The van der Waals surface area contributed by atoms with Gasteiger partial charge in [0.25, 0.3) is 5.91 Å². The van der Waals surface area contributed by atoms with E-state index < -0.39 is 5.91 Å². The number of hydrogen-bond donors (Lipinski definition) is 1. The summed E-state index contributed by atoms with van der Waals surface area (Å²) in [5, 5.41) is 11.8. The number of nitrogens with zero attached hydrogens (tertiary/aromatic N) is 3. The molecule has 9 heteroatoms. The second-order valence-electron chi connectivity index (χ2n) is 6.21. The minimum absolute atomic E-state index is 0.131. The normalized spacial score (nSPS) is 10.9.